The molecule has 1 N–H and O–H groups in total. The third-order valence-electron chi connectivity index (χ3n) is 2.65. The molecule has 1 amide bonds. The smallest absolute Gasteiger partial charge is 0.222 e. The lowest BCUT2D eigenvalue weighted by molar-refractivity contribution is -0.132. The first kappa shape index (κ1) is 10.5. The molecule has 0 saturated carbocycles. The van der Waals surface area contributed by atoms with Gasteiger partial charge >= 0.3 is 0 Å². The van der Waals surface area contributed by atoms with Crippen LogP contribution in [0.5, 0.6) is 0 Å². The molecule has 2 atom stereocenters. The zero-order valence-corrected chi connectivity index (χ0v) is 8.49. The highest BCUT2D eigenvalue weighted by molar-refractivity contribution is 5.76. The number of hydrogen-bond acceptors (Lipinski definition) is 2. The molecule has 1 heterocycles. The van der Waals surface area contributed by atoms with Gasteiger partial charge < -0.3 is 10.0 Å². The Balaban J connectivity index is 2.30. The first-order valence-corrected chi connectivity index (χ1v) is 5.09. The van der Waals surface area contributed by atoms with Crippen LogP contribution in [-0.2, 0) is 4.79 Å². The Kier molecular flexibility index (Phi) is 3.72. The summed E-state index contributed by atoms with van der Waals surface area (Å²) in [5, 5.41) is 9.04. The fourth-order valence-corrected chi connectivity index (χ4v) is 1.78. The number of hydrogen-bond donors (Lipinski definition) is 1. The molecular weight excluding hydrogens is 166 g/mol. The van der Waals surface area contributed by atoms with Crippen molar-refractivity contribution in [3.63, 3.8) is 0 Å². The average Bonchev–Trinajstić information content (AvgIpc) is 2.47. The zero-order valence-electron chi connectivity index (χ0n) is 8.49. The van der Waals surface area contributed by atoms with Crippen LogP contribution in [0.4, 0.5) is 0 Å². The second kappa shape index (κ2) is 4.61. The molecule has 1 aliphatic heterocycles. The number of amides is 1. The summed E-state index contributed by atoms with van der Waals surface area (Å²) in [5.41, 5.74) is 0. The van der Waals surface area contributed by atoms with Crippen molar-refractivity contribution in [1.82, 2.24) is 4.90 Å². The lowest BCUT2D eigenvalue weighted by Crippen LogP contribution is -2.33. The molecule has 3 heteroatoms. The lowest BCUT2D eigenvalue weighted by atomic mass is 10.2. The van der Waals surface area contributed by atoms with Crippen LogP contribution in [-0.4, -0.2) is 34.6 Å². The van der Waals surface area contributed by atoms with Gasteiger partial charge in [-0.3, -0.25) is 4.79 Å². The van der Waals surface area contributed by atoms with Gasteiger partial charge in [-0.15, -0.1) is 0 Å². The monoisotopic (exact) mass is 185 g/mol. The molecule has 0 radical (unpaired) electrons. The van der Waals surface area contributed by atoms with E-state index >= 15 is 0 Å². The van der Waals surface area contributed by atoms with E-state index in [9.17, 15) is 4.79 Å². The van der Waals surface area contributed by atoms with E-state index in [-0.39, 0.29) is 12.0 Å². The molecule has 1 rings (SSSR count). The quantitative estimate of drug-likeness (QED) is 0.716. The van der Waals surface area contributed by atoms with Crippen molar-refractivity contribution in [1.29, 1.82) is 0 Å². The van der Waals surface area contributed by atoms with E-state index in [1.807, 2.05) is 4.90 Å². The third-order valence-corrected chi connectivity index (χ3v) is 2.65. The van der Waals surface area contributed by atoms with Crippen LogP contribution in [0, 0.1) is 0 Å². The number of aliphatic hydroxyl groups is 1. The molecule has 0 aromatic carbocycles. The van der Waals surface area contributed by atoms with Crippen LogP contribution in [0.3, 0.4) is 0 Å². The van der Waals surface area contributed by atoms with Crippen molar-refractivity contribution in [2.45, 2.75) is 51.7 Å². The van der Waals surface area contributed by atoms with Crippen LogP contribution in [0.2, 0.25) is 0 Å². The molecule has 3 nitrogen and oxygen atoms in total. The van der Waals surface area contributed by atoms with Crippen LogP contribution in [0.25, 0.3) is 0 Å². The molecule has 2 unspecified atom stereocenters. The molecule has 1 fully saturated rings. The van der Waals surface area contributed by atoms with Crippen LogP contribution < -0.4 is 0 Å². The summed E-state index contributed by atoms with van der Waals surface area (Å²) in [6.07, 6.45) is 2.97. The molecule has 0 bridgehead atoms. The van der Waals surface area contributed by atoms with Gasteiger partial charge in [-0.05, 0) is 33.1 Å². The summed E-state index contributed by atoms with van der Waals surface area (Å²) in [5.74, 6) is 0.200. The maximum Gasteiger partial charge on any atom is 0.222 e. The highest BCUT2D eigenvalue weighted by Gasteiger charge is 2.24. The Morgan fingerprint density at radius 2 is 2.38 bits per heavy atom. The topological polar surface area (TPSA) is 40.5 Å². The van der Waals surface area contributed by atoms with Gasteiger partial charge in [0.1, 0.15) is 0 Å². The number of rotatable bonds is 3. The summed E-state index contributed by atoms with van der Waals surface area (Å²) in [4.78, 5) is 13.5. The van der Waals surface area contributed by atoms with Crippen molar-refractivity contribution >= 4 is 5.91 Å². The second-order valence-corrected chi connectivity index (χ2v) is 3.97. The van der Waals surface area contributed by atoms with Gasteiger partial charge in [0.2, 0.25) is 5.91 Å². The predicted octanol–water partition coefficient (Wildman–Crippen LogP) is 1.16. The number of carbonyl (C=O) groups excluding carboxylic acids is 1. The maximum atomic E-state index is 11.6. The number of carbonyl (C=O) groups is 1. The Hall–Kier alpha value is -0.570. The maximum absolute atomic E-state index is 11.6. The lowest BCUT2D eigenvalue weighted by Gasteiger charge is -2.21. The normalized spacial score (nSPS) is 24.8. The standard InChI is InChI=1S/C10H19NO2/c1-8-4-3-7-11(8)10(13)6-5-9(2)12/h8-9,12H,3-7H2,1-2H3. The van der Waals surface area contributed by atoms with Crippen molar-refractivity contribution in [3.05, 3.63) is 0 Å². The first-order chi connectivity index (χ1) is 6.11. The van der Waals surface area contributed by atoms with Crippen LogP contribution in [0.1, 0.15) is 39.5 Å². The molecule has 1 saturated heterocycles. The van der Waals surface area contributed by atoms with Crippen LogP contribution >= 0.6 is 0 Å². The Bertz CT molecular complexity index is 180. The fraction of sp³-hybridized carbons (Fsp3) is 0.900. The van der Waals surface area contributed by atoms with Crippen molar-refractivity contribution in [3.8, 4) is 0 Å². The van der Waals surface area contributed by atoms with Crippen molar-refractivity contribution in [2.75, 3.05) is 6.54 Å². The Morgan fingerprint density at radius 3 is 2.85 bits per heavy atom. The van der Waals surface area contributed by atoms with E-state index in [0.717, 1.165) is 19.4 Å². The average molecular weight is 185 g/mol. The summed E-state index contributed by atoms with van der Waals surface area (Å²) in [6.45, 7) is 4.72. The summed E-state index contributed by atoms with van der Waals surface area (Å²) >= 11 is 0. The molecule has 0 aromatic rings. The van der Waals surface area contributed by atoms with E-state index in [0.29, 0.717) is 18.9 Å². The summed E-state index contributed by atoms with van der Waals surface area (Å²) in [6, 6.07) is 0.404. The van der Waals surface area contributed by atoms with Gasteiger partial charge in [0.15, 0.2) is 0 Å². The van der Waals surface area contributed by atoms with E-state index in [4.69, 9.17) is 5.11 Å². The minimum absolute atomic E-state index is 0.200. The first-order valence-electron chi connectivity index (χ1n) is 5.09. The zero-order chi connectivity index (χ0) is 9.84. The Labute approximate surface area is 79.7 Å². The predicted molar refractivity (Wildman–Crippen MR) is 51.3 cm³/mol. The summed E-state index contributed by atoms with van der Waals surface area (Å²) in [7, 11) is 0. The Morgan fingerprint density at radius 1 is 1.69 bits per heavy atom. The van der Waals surface area contributed by atoms with Crippen molar-refractivity contribution in [2.24, 2.45) is 0 Å². The fourth-order valence-electron chi connectivity index (χ4n) is 1.78. The minimum atomic E-state index is -0.359. The molecule has 0 spiro atoms. The van der Waals surface area contributed by atoms with E-state index in [1.54, 1.807) is 6.92 Å². The number of aliphatic hydroxyl groups excluding tert-OH is 1. The van der Waals surface area contributed by atoms with Gasteiger partial charge in [-0.1, -0.05) is 0 Å². The van der Waals surface area contributed by atoms with Gasteiger partial charge in [0.05, 0.1) is 6.10 Å². The van der Waals surface area contributed by atoms with Gasteiger partial charge in [0, 0.05) is 19.0 Å². The largest absolute Gasteiger partial charge is 0.393 e. The molecule has 0 aromatic heterocycles. The van der Waals surface area contributed by atoms with E-state index in [2.05, 4.69) is 6.92 Å². The minimum Gasteiger partial charge on any atom is -0.393 e. The highest BCUT2D eigenvalue weighted by atomic mass is 16.3. The number of nitrogens with zero attached hydrogens (tertiary/aromatic N) is 1. The van der Waals surface area contributed by atoms with Crippen molar-refractivity contribution < 1.29 is 9.90 Å². The molecule has 0 aliphatic carbocycles. The van der Waals surface area contributed by atoms with Crippen LogP contribution in [0.15, 0.2) is 0 Å². The molecular formula is C10H19NO2. The highest BCUT2D eigenvalue weighted by Crippen LogP contribution is 2.17. The number of likely N-dealkylation sites (tertiary alicyclic amines) is 1. The summed E-state index contributed by atoms with van der Waals surface area (Å²) < 4.78 is 0. The van der Waals surface area contributed by atoms with E-state index in [1.165, 1.54) is 0 Å². The SMILES string of the molecule is CC(O)CCC(=O)N1CCCC1C. The van der Waals surface area contributed by atoms with Gasteiger partial charge in [0.25, 0.3) is 0 Å². The third kappa shape index (κ3) is 2.99. The van der Waals surface area contributed by atoms with Gasteiger partial charge in [-0.25, -0.2) is 0 Å². The molecule has 1 aliphatic rings. The molecule has 76 valence electrons. The van der Waals surface area contributed by atoms with E-state index < -0.39 is 0 Å². The van der Waals surface area contributed by atoms with Gasteiger partial charge in [-0.2, -0.15) is 0 Å². The molecule has 13 heavy (non-hydrogen) atoms. The second-order valence-electron chi connectivity index (χ2n) is 3.97.